The monoisotopic (exact) mass is 570 g/mol. The molecule has 0 N–H and O–H groups in total. The number of hydrogen-bond acceptors (Lipinski definition) is 4. The van der Waals surface area contributed by atoms with E-state index in [0.29, 0.717) is 35.9 Å². The van der Waals surface area contributed by atoms with E-state index in [1.807, 2.05) is 70.2 Å². The molecule has 2 unspecified atom stereocenters. The van der Waals surface area contributed by atoms with E-state index in [2.05, 4.69) is 30.9 Å². The number of amides is 1. The van der Waals surface area contributed by atoms with E-state index in [-0.39, 0.29) is 30.0 Å². The van der Waals surface area contributed by atoms with E-state index in [1.54, 1.807) is 0 Å². The van der Waals surface area contributed by atoms with E-state index < -0.39 is 16.6 Å². The number of ether oxygens (including phenoxy) is 2. The van der Waals surface area contributed by atoms with Crippen LogP contribution in [0.15, 0.2) is 48.5 Å². The molecule has 5 nitrogen and oxygen atoms in total. The Morgan fingerprint density at radius 3 is 2.36 bits per heavy atom. The van der Waals surface area contributed by atoms with Crippen LogP contribution in [0.2, 0.25) is 10.0 Å². The first-order valence-corrected chi connectivity index (χ1v) is 14.6. The zero-order valence-electron chi connectivity index (χ0n) is 23.8. The van der Waals surface area contributed by atoms with Crippen LogP contribution in [0.4, 0.5) is 0 Å². The fraction of sp³-hybridized carbons (Fsp3) is 0.562. The molecule has 0 saturated carbocycles. The normalized spacial score (nSPS) is 27.8. The summed E-state index contributed by atoms with van der Waals surface area (Å²) in [5.41, 5.74) is 0.824. The van der Waals surface area contributed by atoms with Crippen molar-refractivity contribution in [2.75, 3.05) is 6.61 Å². The van der Waals surface area contributed by atoms with E-state index in [9.17, 15) is 10.1 Å². The SMILES string of the molecule is CC[C@@H](CC(C)(C)C#N)N1C(=O)[C@@](C)(CC2COC(C)(C)O2)C[C@H](c2cccc(Cl)c2)C1c1ccc(Cl)cc1. The van der Waals surface area contributed by atoms with Crippen LogP contribution < -0.4 is 0 Å². The molecule has 0 bridgehead atoms. The van der Waals surface area contributed by atoms with Gasteiger partial charge in [-0.15, -0.1) is 0 Å². The second kappa shape index (κ2) is 11.4. The first-order chi connectivity index (χ1) is 18.3. The number of carbonyl (C=O) groups is 1. The Morgan fingerprint density at radius 1 is 1.10 bits per heavy atom. The molecule has 5 atom stereocenters. The maximum atomic E-state index is 14.8. The summed E-state index contributed by atoms with van der Waals surface area (Å²) in [5, 5.41) is 11.2. The highest BCUT2D eigenvalue weighted by atomic mass is 35.5. The molecular formula is C32H40Cl2N2O3. The molecule has 7 heteroatoms. The molecule has 2 fully saturated rings. The number of piperidine rings is 1. The van der Waals surface area contributed by atoms with Gasteiger partial charge in [0, 0.05) is 27.4 Å². The summed E-state index contributed by atoms with van der Waals surface area (Å²) in [5.74, 6) is -0.601. The molecule has 0 radical (unpaired) electrons. The van der Waals surface area contributed by atoms with Crippen molar-refractivity contribution in [1.82, 2.24) is 4.90 Å². The standard InChI is InChI=1S/C32H40Cl2N2O3/c1-7-25(16-30(2,3)20-35)36-28(21-11-13-23(33)14-12-21)27(22-9-8-10-24(34)15-22)18-32(6,29(36)37)17-26-19-38-31(4,5)39-26/h8-15,25-28H,7,16-19H2,1-6H3/t25-,26?,27+,28?,32-/m0/s1. The van der Waals surface area contributed by atoms with Gasteiger partial charge in [0.05, 0.1) is 30.2 Å². The summed E-state index contributed by atoms with van der Waals surface area (Å²) >= 11 is 12.8. The number of nitrogens with zero attached hydrogens (tertiary/aromatic N) is 2. The summed E-state index contributed by atoms with van der Waals surface area (Å²) in [7, 11) is 0. The van der Waals surface area contributed by atoms with Gasteiger partial charge in [0.1, 0.15) is 0 Å². The number of likely N-dealkylation sites (tertiary alicyclic amines) is 1. The maximum Gasteiger partial charge on any atom is 0.229 e. The van der Waals surface area contributed by atoms with Gasteiger partial charge in [-0.1, -0.05) is 61.3 Å². The Balaban J connectivity index is 1.86. The second-order valence-corrected chi connectivity index (χ2v) is 13.4. The third kappa shape index (κ3) is 6.63. The molecule has 39 heavy (non-hydrogen) atoms. The van der Waals surface area contributed by atoms with Gasteiger partial charge < -0.3 is 14.4 Å². The van der Waals surface area contributed by atoms with Gasteiger partial charge >= 0.3 is 0 Å². The summed E-state index contributed by atoms with van der Waals surface area (Å²) < 4.78 is 12.1. The van der Waals surface area contributed by atoms with E-state index >= 15 is 0 Å². The van der Waals surface area contributed by atoms with Crippen LogP contribution in [0.3, 0.4) is 0 Å². The Hall–Kier alpha value is -2.10. The van der Waals surface area contributed by atoms with E-state index in [4.69, 9.17) is 32.7 Å². The number of rotatable bonds is 8. The maximum absolute atomic E-state index is 14.8. The lowest BCUT2D eigenvalue weighted by atomic mass is 9.66. The van der Waals surface area contributed by atoms with Gasteiger partial charge in [0.25, 0.3) is 0 Å². The third-order valence-electron chi connectivity index (χ3n) is 8.25. The van der Waals surface area contributed by atoms with Crippen molar-refractivity contribution in [1.29, 1.82) is 5.26 Å². The minimum absolute atomic E-state index is 0.0258. The third-order valence-corrected chi connectivity index (χ3v) is 8.74. The summed E-state index contributed by atoms with van der Waals surface area (Å²) in [6.45, 7) is 12.3. The number of carbonyl (C=O) groups excluding carboxylic acids is 1. The van der Waals surface area contributed by atoms with Crippen molar-refractivity contribution in [3.63, 3.8) is 0 Å². The lowest BCUT2D eigenvalue weighted by Gasteiger charge is -2.53. The van der Waals surface area contributed by atoms with Crippen molar-refractivity contribution in [3.05, 3.63) is 69.7 Å². The van der Waals surface area contributed by atoms with E-state index in [0.717, 1.165) is 17.5 Å². The second-order valence-electron chi connectivity index (χ2n) is 12.6. The number of halogens is 2. The Kier molecular flexibility index (Phi) is 8.74. The highest BCUT2D eigenvalue weighted by molar-refractivity contribution is 6.30. The molecule has 2 heterocycles. The van der Waals surface area contributed by atoms with Crippen LogP contribution >= 0.6 is 23.2 Å². The molecule has 0 aliphatic carbocycles. The largest absolute Gasteiger partial charge is 0.348 e. The summed E-state index contributed by atoms with van der Waals surface area (Å²) in [4.78, 5) is 16.8. The molecule has 4 rings (SSSR count). The number of nitriles is 1. The zero-order chi connectivity index (χ0) is 28.6. The minimum Gasteiger partial charge on any atom is -0.348 e. The predicted octanol–water partition coefficient (Wildman–Crippen LogP) is 8.32. The van der Waals surface area contributed by atoms with Crippen LogP contribution in [0.1, 0.15) is 90.3 Å². The summed E-state index contributed by atoms with van der Waals surface area (Å²) in [6.07, 6.45) is 2.31. The molecule has 2 saturated heterocycles. The average molecular weight is 572 g/mol. The summed E-state index contributed by atoms with van der Waals surface area (Å²) in [6, 6.07) is 17.9. The average Bonchev–Trinajstić information content (AvgIpc) is 3.22. The van der Waals surface area contributed by atoms with Crippen molar-refractivity contribution < 1.29 is 14.3 Å². The lowest BCUT2D eigenvalue weighted by Crippen LogP contribution is -2.57. The molecule has 0 aromatic heterocycles. The molecule has 2 aromatic rings. The van der Waals surface area contributed by atoms with E-state index in [1.165, 1.54) is 0 Å². The fourth-order valence-corrected chi connectivity index (χ4v) is 6.73. The van der Waals surface area contributed by atoms with Gasteiger partial charge in [0.15, 0.2) is 5.79 Å². The van der Waals surface area contributed by atoms with Gasteiger partial charge in [-0.2, -0.15) is 5.26 Å². The molecule has 2 aliphatic heterocycles. The highest BCUT2D eigenvalue weighted by Gasteiger charge is 2.53. The molecule has 210 valence electrons. The van der Waals surface area contributed by atoms with Crippen LogP contribution in [0, 0.1) is 22.2 Å². The van der Waals surface area contributed by atoms with Gasteiger partial charge in [-0.05, 0) is 88.8 Å². The molecular weight excluding hydrogens is 531 g/mol. The molecule has 0 spiro atoms. The Labute approximate surface area is 243 Å². The Bertz CT molecular complexity index is 1220. The Morgan fingerprint density at radius 2 is 1.79 bits per heavy atom. The fourth-order valence-electron chi connectivity index (χ4n) is 6.41. The van der Waals surface area contributed by atoms with Crippen LogP contribution in [-0.2, 0) is 14.3 Å². The van der Waals surface area contributed by atoms with Crippen LogP contribution in [0.25, 0.3) is 0 Å². The highest BCUT2D eigenvalue weighted by Crippen LogP contribution is 2.53. The first kappa shape index (κ1) is 29.9. The first-order valence-electron chi connectivity index (χ1n) is 13.8. The van der Waals surface area contributed by atoms with Crippen LogP contribution in [-0.4, -0.2) is 35.3 Å². The number of hydrogen-bond donors (Lipinski definition) is 0. The van der Waals surface area contributed by atoms with Crippen molar-refractivity contribution in [2.45, 2.75) is 97.1 Å². The van der Waals surface area contributed by atoms with Crippen molar-refractivity contribution >= 4 is 29.1 Å². The minimum atomic E-state index is -0.700. The molecule has 2 aliphatic rings. The topological polar surface area (TPSA) is 62.6 Å². The number of benzene rings is 2. The van der Waals surface area contributed by atoms with Gasteiger partial charge in [-0.3, -0.25) is 4.79 Å². The van der Waals surface area contributed by atoms with Gasteiger partial charge in [0.2, 0.25) is 5.91 Å². The van der Waals surface area contributed by atoms with Gasteiger partial charge in [-0.25, -0.2) is 0 Å². The lowest BCUT2D eigenvalue weighted by molar-refractivity contribution is -0.163. The molecule has 2 aromatic carbocycles. The molecule has 1 amide bonds. The van der Waals surface area contributed by atoms with Crippen LogP contribution in [0.5, 0.6) is 0 Å². The van der Waals surface area contributed by atoms with Crippen molar-refractivity contribution in [2.24, 2.45) is 10.8 Å². The quantitative estimate of drug-likeness (QED) is 0.320. The van der Waals surface area contributed by atoms with Crippen molar-refractivity contribution in [3.8, 4) is 6.07 Å². The predicted molar refractivity (Wildman–Crippen MR) is 156 cm³/mol. The smallest absolute Gasteiger partial charge is 0.229 e. The zero-order valence-corrected chi connectivity index (χ0v) is 25.4.